The molecular weight excluding hydrogens is 374 g/mol. The van der Waals surface area contributed by atoms with Crippen LogP contribution in [0.25, 0.3) is 0 Å². The summed E-state index contributed by atoms with van der Waals surface area (Å²) in [5, 5.41) is 2.72. The van der Waals surface area contributed by atoms with E-state index in [0.717, 1.165) is 32.8 Å². The number of primary amides is 1. The molecule has 1 aliphatic rings. The molecule has 2 amide bonds. The van der Waals surface area contributed by atoms with Crippen molar-refractivity contribution < 1.29 is 23.8 Å². The lowest BCUT2D eigenvalue weighted by atomic mass is 10.1. The number of benzene rings is 2. The van der Waals surface area contributed by atoms with E-state index in [1.54, 1.807) is 36.4 Å². The Balaban J connectivity index is 1.62. The third-order valence-electron chi connectivity index (χ3n) is 4.62. The minimum Gasteiger partial charge on any atom is -0.497 e. The third-order valence-corrected chi connectivity index (χ3v) is 4.62. The molecule has 8 nitrogen and oxygen atoms in total. The number of ether oxygens (including phenoxy) is 3. The second-order valence-corrected chi connectivity index (χ2v) is 6.56. The van der Waals surface area contributed by atoms with Gasteiger partial charge in [0.15, 0.2) is 0 Å². The highest BCUT2D eigenvalue weighted by Gasteiger charge is 2.15. The first kappa shape index (κ1) is 20.6. The topological polar surface area (TPSA) is 103 Å². The zero-order valence-corrected chi connectivity index (χ0v) is 16.3. The maximum absolute atomic E-state index is 12.6. The smallest absolute Gasteiger partial charge is 0.255 e. The molecule has 2 aromatic rings. The molecule has 0 radical (unpaired) electrons. The molecule has 1 aliphatic heterocycles. The number of carbonyl (C=O) groups excluding carboxylic acids is 2. The van der Waals surface area contributed by atoms with E-state index < -0.39 is 5.91 Å². The van der Waals surface area contributed by atoms with Crippen molar-refractivity contribution in [2.24, 2.45) is 5.73 Å². The lowest BCUT2D eigenvalue weighted by molar-refractivity contribution is 0.0322. The predicted octanol–water partition coefficient (Wildman–Crippen LogP) is 1.76. The molecule has 0 saturated carbocycles. The molecule has 1 heterocycles. The first-order valence-corrected chi connectivity index (χ1v) is 9.39. The van der Waals surface area contributed by atoms with E-state index in [9.17, 15) is 9.59 Å². The summed E-state index contributed by atoms with van der Waals surface area (Å²) in [7, 11) is 1.49. The van der Waals surface area contributed by atoms with Gasteiger partial charge in [-0.05, 0) is 36.4 Å². The summed E-state index contributed by atoms with van der Waals surface area (Å²) in [4.78, 5) is 26.6. The van der Waals surface area contributed by atoms with Gasteiger partial charge in [0, 0.05) is 25.2 Å². The van der Waals surface area contributed by atoms with Crippen LogP contribution in [0, 0.1) is 0 Å². The number of nitrogens with zero attached hydrogens (tertiary/aromatic N) is 1. The number of methoxy groups -OCH3 is 1. The minimum absolute atomic E-state index is 0.176. The van der Waals surface area contributed by atoms with Crippen molar-refractivity contribution in [3.05, 3.63) is 53.6 Å². The van der Waals surface area contributed by atoms with Gasteiger partial charge < -0.3 is 25.3 Å². The third kappa shape index (κ3) is 5.69. The van der Waals surface area contributed by atoms with E-state index in [2.05, 4.69) is 10.2 Å². The summed E-state index contributed by atoms with van der Waals surface area (Å²) < 4.78 is 16.2. The number of carbonyl (C=O) groups is 2. The van der Waals surface area contributed by atoms with Gasteiger partial charge in [-0.25, -0.2) is 0 Å². The quantitative estimate of drug-likeness (QED) is 0.701. The van der Waals surface area contributed by atoms with Crippen LogP contribution in [0.2, 0.25) is 0 Å². The lowest BCUT2D eigenvalue weighted by Crippen LogP contribution is -2.38. The van der Waals surface area contributed by atoms with Crippen molar-refractivity contribution in [1.29, 1.82) is 0 Å². The van der Waals surface area contributed by atoms with Gasteiger partial charge in [0.25, 0.3) is 11.8 Å². The summed E-state index contributed by atoms with van der Waals surface area (Å²) in [6.45, 7) is 4.61. The molecule has 3 N–H and O–H groups in total. The van der Waals surface area contributed by atoms with Gasteiger partial charge in [-0.15, -0.1) is 0 Å². The SMILES string of the molecule is COc1ccc(NC(=O)c2cccc(OCCN3CCOCC3)c2)c(C(N)=O)c1. The number of morpholine rings is 1. The highest BCUT2D eigenvalue weighted by atomic mass is 16.5. The maximum atomic E-state index is 12.6. The average molecular weight is 399 g/mol. The molecule has 1 saturated heterocycles. The van der Waals surface area contributed by atoms with Crippen LogP contribution in [-0.2, 0) is 4.74 Å². The normalized spacial score (nSPS) is 14.2. The van der Waals surface area contributed by atoms with Crippen molar-refractivity contribution >= 4 is 17.5 Å². The standard InChI is InChI=1S/C21H25N3O5/c1-27-16-5-6-19(18(14-16)20(22)25)23-21(26)15-3-2-4-17(13-15)29-12-9-24-7-10-28-11-8-24/h2-6,13-14H,7-12H2,1H3,(H2,22,25)(H,23,26). The molecule has 0 bridgehead atoms. The average Bonchev–Trinajstić information content (AvgIpc) is 2.75. The van der Waals surface area contributed by atoms with Crippen LogP contribution in [-0.4, -0.2) is 63.3 Å². The maximum Gasteiger partial charge on any atom is 0.255 e. The van der Waals surface area contributed by atoms with Crippen molar-refractivity contribution in [1.82, 2.24) is 4.90 Å². The molecule has 1 fully saturated rings. The van der Waals surface area contributed by atoms with Gasteiger partial charge in [0.05, 0.1) is 31.6 Å². The Morgan fingerprint density at radius 3 is 2.66 bits per heavy atom. The lowest BCUT2D eigenvalue weighted by Gasteiger charge is -2.26. The first-order chi connectivity index (χ1) is 14.1. The Morgan fingerprint density at radius 2 is 1.93 bits per heavy atom. The predicted molar refractivity (Wildman–Crippen MR) is 109 cm³/mol. The van der Waals surface area contributed by atoms with Crippen molar-refractivity contribution in [2.75, 3.05) is 51.9 Å². The van der Waals surface area contributed by atoms with E-state index in [1.807, 2.05) is 0 Å². The Hall–Kier alpha value is -3.10. The fraction of sp³-hybridized carbons (Fsp3) is 0.333. The Labute approximate surface area is 169 Å². The number of hydrogen-bond donors (Lipinski definition) is 2. The van der Waals surface area contributed by atoms with E-state index in [0.29, 0.717) is 29.4 Å². The first-order valence-electron chi connectivity index (χ1n) is 9.39. The van der Waals surface area contributed by atoms with Gasteiger partial charge >= 0.3 is 0 Å². The Morgan fingerprint density at radius 1 is 1.14 bits per heavy atom. The van der Waals surface area contributed by atoms with Crippen LogP contribution in [0.1, 0.15) is 20.7 Å². The van der Waals surface area contributed by atoms with Crippen molar-refractivity contribution in [3.63, 3.8) is 0 Å². The number of nitrogens with two attached hydrogens (primary N) is 1. The number of rotatable bonds is 8. The monoisotopic (exact) mass is 399 g/mol. The summed E-state index contributed by atoms with van der Waals surface area (Å²) >= 11 is 0. The molecule has 2 aromatic carbocycles. The van der Waals surface area contributed by atoms with E-state index in [-0.39, 0.29) is 11.5 Å². The van der Waals surface area contributed by atoms with Crippen LogP contribution >= 0.6 is 0 Å². The van der Waals surface area contributed by atoms with Crippen LogP contribution in [0.5, 0.6) is 11.5 Å². The molecule has 0 aliphatic carbocycles. The molecule has 0 atom stereocenters. The van der Waals surface area contributed by atoms with E-state index in [4.69, 9.17) is 19.9 Å². The highest BCUT2D eigenvalue weighted by molar-refractivity contribution is 6.09. The summed E-state index contributed by atoms with van der Waals surface area (Å²) in [6.07, 6.45) is 0. The molecule has 154 valence electrons. The Kier molecular flexibility index (Phi) is 7.04. The van der Waals surface area contributed by atoms with Crippen LogP contribution < -0.4 is 20.5 Å². The van der Waals surface area contributed by atoms with Crippen molar-refractivity contribution in [3.8, 4) is 11.5 Å². The fourth-order valence-corrected chi connectivity index (χ4v) is 3.00. The van der Waals surface area contributed by atoms with Gasteiger partial charge in [-0.3, -0.25) is 14.5 Å². The largest absolute Gasteiger partial charge is 0.497 e. The Bertz CT molecular complexity index is 865. The molecular formula is C21H25N3O5. The molecule has 0 unspecified atom stereocenters. The zero-order valence-electron chi connectivity index (χ0n) is 16.3. The van der Waals surface area contributed by atoms with Gasteiger partial charge in [0.1, 0.15) is 18.1 Å². The molecule has 8 heteroatoms. The fourth-order valence-electron chi connectivity index (χ4n) is 3.00. The van der Waals surface area contributed by atoms with E-state index >= 15 is 0 Å². The highest BCUT2D eigenvalue weighted by Crippen LogP contribution is 2.23. The van der Waals surface area contributed by atoms with Crippen molar-refractivity contribution in [2.45, 2.75) is 0 Å². The molecule has 3 rings (SSSR count). The van der Waals surface area contributed by atoms with Crippen LogP contribution in [0.4, 0.5) is 5.69 Å². The van der Waals surface area contributed by atoms with Gasteiger partial charge in [-0.1, -0.05) is 6.07 Å². The second-order valence-electron chi connectivity index (χ2n) is 6.56. The van der Waals surface area contributed by atoms with E-state index in [1.165, 1.54) is 13.2 Å². The second kappa shape index (κ2) is 9.90. The number of anilines is 1. The summed E-state index contributed by atoms with van der Waals surface area (Å²) in [6, 6.07) is 11.6. The van der Waals surface area contributed by atoms with Gasteiger partial charge in [-0.2, -0.15) is 0 Å². The molecule has 0 spiro atoms. The number of hydrogen-bond acceptors (Lipinski definition) is 6. The van der Waals surface area contributed by atoms with Gasteiger partial charge in [0.2, 0.25) is 0 Å². The zero-order chi connectivity index (χ0) is 20.6. The summed E-state index contributed by atoms with van der Waals surface area (Å²) in [5.41, 5.74) is 6.33. The molecule has 0 aromatic heterocycles. The van der Waals surface area contributed by atoms with Crippen LogP contribution in [0.15, 0.2) is 42.5 Å². The summed E-state index contributed by atoms with van der Waals surface area (Å²) in [5.74, 6) is 0.0684. The molecule has 29 heavy (non-hydrogen) atoms. The number of nitrogens with one attached hydrogen (secondary N) is 1. The van der Waals surface area contributed by atoms with Crippen LogP contribution in [0.3, 0.4) is 0 Å². The minimum atomic E-state index is -0.653. The number of amides is 2.